The number of carbonyl (C=O) groups is 1. The van der Waals surface area contributed by atoms with Crippen LogP contribution in [-0.4, -0.2) is 22.8 Å². The molecule has 0 radical (unpaired) electrons. The van der Waals surface area contributed by atoms with Crippen LogP contribution in [0.15, 0.2) is 115 Å². The zero-order chi connectivity index (χ0) is 23.3. The molecule has 0 bridgehead atoms. The summed E-state index contributed by atoms with van der Waals surface area (Å²) in [7, 11) is 1.58. The van der Waals surface area contributed by atoms with Crippen LogP contribution in [0.2, 0.25) is 0 Å². The van der Waals surface area contributed by atoms with Crippen LogP contribution in [0.3, 0.4) is 0 Å². The van der Waals surface area contributed by atoms with Gasteiger partial charge in [0.05, 0.1) is 29.9 Å². The van der Waals surface area contributed by atoms with E-state index in [-0.39, 0.29) is 5.91 Å². The first-order chi connectivity index (χ1) is 16.7. The van der Waals surface area contributed by atoms with Gasteiger partial charge in [0.1, 0.15) is 5.75 Å². The first kappa shape index (κ1) is 21.2. The van der Waals surface area contributed by atoms with Gasteiger partial charge in [0, 0.05) is 16.7 Å². The second-order valence-corrected chi connectivity index (χ2v) is 7.76. The average molecular weight is 446 g/mol. The summed E-state index contributed by atoms with van der Waals surface area (Å²) in [5.74, 6) is 0.412. The van der Waals surface area contributed by atoms with Crippen LogP contribution in [-0.2, 0) is 0 Å². The van der Waals surface area contributed by atoms with Crippen molar-refractivity contribution in [3.63, 3.8) is 0 Å². The van der Waals surface area contributed by atoms with Crippen molar-refractivity contribution in [3.05, 3.63) is 121 Å². The third-order valence-corrected chi connectivity index (χ3v) is 5.58. The third kappa shape index (κ3) is 4.32. The lowest BCUT2D eigenvalue weighted by Crippen LogP contribution is -2.12. The topological polar surface area (TPSA) is 56.1 Å². The molecule has 1 N–H and O–H groups in total. The number of nitrogens with zero attached hydrogens (tertiary/aromatic N) is 2. The molecular formula is C29H23N3O2. The fraction of sp³-hybridized carbons (Fsp3) is 0.0345. The van der Waals surface area contributed by atoms with E-state index in [0.717, 1.165) is 28.2 Å². The molecule has 1 amide bonds. The molecule has 0 aliphatic carbocycles. The molecule has 0 fully saturated rings. The first-order valence-electron chi connectivity index (χ1n) is 11.0. The van der Waals surface area contributed by atoms with E-state index in [4.69, 9.17) is 9.84 Å². The number of ether oxygens (including phenoxy) is 1. The molecule has 5 aromatic rings. The third-order valence-electron chi connectivity index (χ3n) is 5.58. The van der Waals surface area contributed by atoms with E-state index in [1.165, 1.54) is 0 Å². The summed E-state index contributed by atoms with van der Waals surface area (Å²) in [5.41, 5.74) is 6.02. The number of hydrogen-bond acceptors (Lipinski definition) is 3. The SMILES string of the molecule is COc1ccccc1NC(=O)c1ccc(-n2nc(-c3ccccc3)cc2-c2ccccc2)cc1. The summed E-state index contributed by atoms with van der Waals surface area (Å²) in [6, 6.07) is 37.1. The van der Waals surface area contributed by atoms with Gasteiger partial charge in [-0.1, -0.05) is 72.8 Å². The summed E-state index contributed by atoms with van der Waals surface area (Å²) in [6.07, 6.45) is 0. The molecule has 0 saturated heterocycles. The first-order valence-corrected chi connectivity index (χ1v) is 11.0. The molecule has 4 aromatic carbocycles. The van der Waals surface area contributed by atoms with Gasteiger partial charge in [-0.2, -0.15) is 5.10 Å². The number of aromatic nitrogens is 2. The van der Waals surface area contributed by atoms with Gasteiger partial charge < -0.3 is 10.1 Å². The van der Waals surface area contributed by atoms with Crippen molar-refractivity contribution < 1.29 is 9.53 Å². The van der Waals surface area contributed by atoms with E-state index in [0.29, 0.717) is 17.0 Å². The number of anilines is 1. The molecule has 0 aliphatic heterocycles. The summed E-state index contributed by atoms with van der Waals surface area (Å²) in [4.78, 5) is 12.8. The highest BCUT2D eigenvalue weighted by Gasteiger charge is 2.14. The van der Waals surface area contributed by atoms with Gasteiger partial charge in [0.15, 0.2) is 0 Å². The largest absolute Gasteiger partial charge is 0.495 e. The Morgan fingerprint density at radius 3 is 2.06 bits per heavy atom. The van der Waals surface area contributed by atoms with Crippen molar-refractivity contribution >= 4 is 11.6 Å². The fourth-order valence-electron chi connectivity index (χ4n) is 3.84. The number of hydrogen-bond donors (Lipinski definition) is 1. The number of carbonyl (C=O) groups excluding carboxylic acids is 1. The molecule has 5 heteroatoms. The summed E-state index contributed by atoms with van der Waals surface area (Å²) >= 11 is 0. The van der Waals surface area contributed by atoms with Crippen molar-refractivity contribution in [1.29, 1.82) is 0 Å². The summed E-state index contributed by atoms with van der Waals surface area (Å²) in [6.45, 7) is 0. The Kier molecular flexibility index (Phi) is 5.91. The van der Waals surface area contributed by atoms with Crippen molar-refractivity contribution in [2.24, 2.45) is 0 Å². The number of amides is 1. The molecule has 1 heterocycles. The Morgan fingerprint density at radius 1 is 0.765 bits per heavy atom. The maximum atomic E-state index is 12.8. The lowest BCUT2D eigenvalue weighted by Gasteiger charge is -2.11. The second kappa shape index (κ2) is 9.46. The van der Waals surface area contributed by atoms with E-state index >= 15 is 0 Å². The van der Waals surface area contributed by atoms with Crippen molar-refractivity contribution in [3.8, 4) is 34.0 Å². The van der Waals surface area contributed by atoms with E-state index in [2.05, 4.69) is 23.5 Å². The molecule has 0 atom stereocenters. The molecule has 0 spiro atoms. The Bertz CT molecular complexity index is 1410. The maximum absolute atomic E-state index is 12.8. The highest BCUT2D eigenvalue weighted by molar-refractivity contribution is 6.05. The van der Waals surface area contributed by atoms with Crippen LogP contribution in [0.1, 0.15) is 10.4 Å². The van der Waals surface area contributed by atoms with Gasteiger partial charge >= 0.3 is 0 Å². The molecule has 0 aliphatic rings. The molecule has 0 saturated carbocycles. The van der Waals surface area contributed by atoms with Crippen molar-refractivity contribution in [1.82, 2.24) is 9.78 Å². The predicted octanol–water partition coefficient (Wildman–Crippen LogP) is 6.47. The lowest BCUT2D eigenvalue weighted by atomic mass is 10.1. The van der Waals surface area contributed by atoms with Gasteiger partial charge in [-0.25, -0.2) is 4.68 Å². The van der Waals surface area contributed by atoms with Crippen LogP contribution in [0, 0.1) is 0 Å². The standard InChI is InChI=1S/C29H23N3O2/c1-34-28-15-9-8-14-25(28)30-29(33)23-16-18-24(19-17-23)32-27(22-12-6-3-7-13-22)20-26(31-32)21-10-4-2-5-11-21/h2-20H,1H3,(H,30,33). The summed E-state index contributed by atoms with van der Waals surface area (Å²) in [5, 5.41) is 7.81. The van der Waals surface area contributed by atoms with E-state index in [9.17, 15) is 4.79 Å². The van der Waals surface area contributed by atoms with Crippen LogP contribution in [0.5, 0.6) is 5.75 Å². The van der Waals surface area contributed by atoms with Crippen LogP contribution in [0.25, 0.3) is 28.2 Å². The quantitative estimate of drug-likeness (QED) is 0.326. The normalized spacial score (nSPS) is 10.6. The highest BCUT2D eigenvalue weighted by atomic mass is 16.5. The minimum Gasteiger partial charge on any atom is -0.495 e. The number of benzene rings is 4. The zero-order valence-corrected chi connectivity index (χ0v) is 18.7. The molecule has 166 valence electrons. The van der Waals surface area contributed by atoms with Gasteiger partial charge in [0.2, 0.25) is 0 Å². The van der Waals surface area contributed by atoms with Gasteiger partial charge in [0.25, 0.3) is 5.91 Å². The van der Waals surface area contributed by atoms with Crippen molar-refractivity contribution in [2.45, 2.75) is 0 Å². The molecular weight excluding hydrogens is 422 g/mol. The van der Waals surface area contributed by atoms with E-state index < -0.39 is 0 Å². The van der Waals surface area contributed by atoms with Crippen LogP contribution >= 0.6 is 0 Å². The van der Waals surface area contributed by atoms with E-state index in [1.54, 1.807) is 19.2 Å². The second-order valence-electron chi connectivity index (χ2n) is 7.76. The number of rotatable bonds is 6. The minimum absolute atomic E-state index is 0.204. The predicted molar refractivity (Wildman–Crippen MR) is 135 cm³/mol. The maximum Gasteiger partial charge on any atom is 0.255 e. The van der Waals surface area contributed by atoms with Gasteiger partial charge in [-0.05, 0) is 42.5 Å². The van der Waals surface area contributed by atoms with Gasteiger partial charge in [-0.3, -0.25) is 4.79 Å². The molecule has 1 aromatic heterocycles. The Balaban J connectivity index is 1.48. The monoisotopic (exact) mass is 445 g/mol. The fourth-order valence-corrected chi connectivity index (χ4v) is 3.84. The molecule has 5 rings (SSSR count). The Labute approximate surface area is 198 Å². The molecule has 5 nitrogen and oxygen atoms in total. The van der Waals surface area contributed by atoms with Crippen LogP contribution < -0.4 is 10.1 Å². The average Bonchev–Trinajstić information content (AvgIpc) is 3.36. The van der Waals surface area contributed by atoms with Gasteiger partial charge in [-0.15, -0.1) is 0 Å². The summed E-state index contributed by atoms with van der Waals surface area (Å²) < 4.78 is 7.24. The number of methoxy groups -OCH3 is 1. The number of nitrogens with one attached hydrogen (secondary N) is 1. The molecule has 0 unspecified atom stereocenters. The van der Waals surface area contributed by atoms with E-state index in [1.807, 2.05) is 89.6 Å². The lowest BCUT2D eigenvalue weighted by molar-refractivity contribution is 0.102. The minimum atomic E-state index is -0.204. The zero-order valence-electron chi connectivity index (χ0n) is 18.7. The van der Waals surface area contributed by atoms with Crippen molar-refractivity contribution in [2.75, 3.05) is 12.4 Å². The smallest absolute Gasteiger partial charge is 0.255 e. The Morgan fingerprint density at radius 2 is 1.38 bits per heavy atom. The molecule has 34 heavy (non-hydrogen) atoms. The van der Waals surface area contributed by atoms with Crippen LogP contribution in [0.4, 0.5) is 5.69 Å². The Hall–Kier alpha value is -4.64. The highest BCUT2D eigenvalue weighted by Crippen LogP contribution is 2.29. The number of para-hydroxylation sites is 2.